The molecule has 29 heavy (non-hydrogen) atoms. The van der Waals surface area contributed by atoms with Gasteiger partial charge in [-0.2, -0.15) is 5.10 Å². The molecular weight excluding hydrogens is 423 g/mol. The summed E-state index contributed by atoms with van der Waals surface area (Å²) in [7, 11) is 0. The molecule has 1 aromatic heterocycles. The fourth-order valence-electron chi connectivity index (χ4n) is 4.00. The Morgan fingerprint density at radius 3 is 2.31 bits per heavy atom. The smallest absolute Gasteiger partial charge is 0.0888 e. The zero-order valence-corrected chi connectivity index (χ0v) is 18.6. The van der Waals surface area contributed by atoms with Gasteiger partial charge in [0.15, 0.2) is 0 Å². The molecule has 1 saturated carbocycles. The van der Waals surface area contributed by atoms with E-state index in [1.165, 1.54) is 32.1 Å². The van der Waals surface area contributed by atoms with E-state index < -0.39 is 0 Å². The highest BCUT2D eigenvalue weighted by Crippen LogP contribution is 2.34. The first-order valence-electron chi connectivity index (χ1n) is 10.0. The summed E-state index contributed by atoms with van der Waals surface area (Å²) >= 11 is 18.7. The van der Waals surface area contributed by atoms with Crippen LogP contribution in [0.2, 0.25) is 15.1 Å². The van der Waals surface area contributed by atoms with Gasteiger partial charge >= 0.3 is 0 Å². The summed E-state index contributed by atoms with van der Waals surface area (Å²) in [5.74, 6) is 0.645. The van der Waals surface area contributed by atoms with Crippen molar-refractivity contribution >= 4 is 40.9 Å². The van der Waals surface area contributed by atoms with Crippen molar-refractivity contribution < 1.29 is 0 Å². The largest absolute Gasteiger partial charge is 0.231 e. The Morgan fingerprint density at radius 2 is 1.62 bits per heavy atom. The van der Waals surface area contributed by atoms with Gasteiger partial charge < -0.3 is 0 Å². The summed E-state index contributed by atoms with van der Waals surface area (Å²) in [4.78, 5) is 0. The van der Waals surface area contributed by atoms with Crippen molar-refractivity contribution in [1.29, 1.82) is 0 Å². The highest BCUT2D eigenvalue weighted by atomic mass is 35.5. The number of hydrogen-bond acceptors (Lipinski definition) is 1. The number of halogens is 3. The number of benzene rings is 2. The molecule has 5 heteroatoms. The SMILES string of the molecule is Cc1c(C=CC2CCCCC2)nn(-c2ccc(Cl)cc2Cl)c1-c1ccc(Cl)cc1. The topological polar surface area (TPSA) is 17.8 Å². The lowest BCUT2D eigenvalue weighted by molar-refractivity contribution is 0.420. The van der Waals surface area contributed by atoms with E-state index >= 15 is 0 Å². The highest BCUT2D eigenvalue weighted by molar-refractivity contribution is 6.35. The lowest BCUT2D eigenvalue weighted by Gasteiger charge is -2.17. The second-order valence-corrected chi connectivity index (χ2v) is 8.91. The van der Waals surface area contributed by atoms with E-state index in [2.05, 4.69) is 19.1 Å². The molecule has 2 nitrogen and oxygen atoms in total. The van der Waals surface area contributed by atoms with Gasteiger partial charge in [-0.3, -0.25) is 0 Å². The molecule has 0 radical (unpaired) electrons. The van der Waals surface area contributed by atoms with Crippen molar-refractivity contribution in [3.05, 3.63) is 74.9 Å². The molecule has 0 unspecified atom stereocenters. The van der Waals surface area contributed by atoms with Crippen molar-refractivity contribution in [2.75, 3.05) is 0 Å². The summed E-state index contributed by atoms with van der Waals surface area (Å²) < 4.78 is 1.91. The van der Waals surface area contributed by atoms with E-state index in [1.54, 1.807) is 6.07 Å². The molecule has 150 valence electrons. The van der Waals surface area contributed by atoms with Crippen LogP contribution in [0.1, 0.15) is 43.4 Å². The van der Waals surface area contributed by atoms with Gasteiger partial charge in [-0.25, -0.2) is 4.68 Å². The summed E-state index contributed by atoms with van der Waals surface area (Å²) in [6, 6.07) is 13.3. The molecule has 4 rings (SSSR count). The van der Waals surface area contributed by atoms with Crippen LogP contribution in [0.5, 0.6) is 0 Å². The van der Waals surface area contributed by atoms with Crippen LogP contribution in [0.15, 0.2) is 48.5 Å². The first kappa shape index (κ1) is 20.5. The molecular formula is C24H23Cl3N2. The van der Waals surface area contributed by atoms with Gasteiger partial charge in [0.25, 0.3) is 0 Å². The molecule has 1 heterocycles. The van der Waals surface area contributed by atoms with E-state index in [4.69, 9.17) is 39.9 Å². The molecule has 1 fully saturated rings. The van der Waals surface area contributed by atoms with Gasteiger partial charge in [0, 0.05) is 21.2 Å². The Bertz CT molecular complexity index is 1030. The molecule has 0 atom stereocenters. The van der Waals surface area contributed by atoms with Crippen LogP contribution in [0.25, 0.3) is 23.0 Å². The summed E-state index contributed by atoms with van der Waals surface area (Å²) in [5.41, 5.74) is 4.94. The summed E-state index contributed by atoms with van der Waals surface area (Å²) in [6.45, 7) is 2.11. The Hall–Kier alpha value is -1.74. The number of allylic oxidation sites excluding steroid dienone is 1. The molecule has 1 aliphatic rings. The number of rotatable bonds is 4. The minimum atomic E-state index is 0.568. The third kappa shape index (κ3) is 4.55. The Balaban J connectivity index is 1.81. The van der Waals surface area contributed by atoms with Gasteiger partial charge in [0.1, 0.15) is 0 Å². The number of nitrogens with zero attached hydrogens (tertiary/aromatic N) is 2. The van der Waals surface area contributed by atoms with Crippen LogP contribution in [-0.4, -0.2) is 9.78 Å². The predicted octanol–water partition coefficient (Wildman–Crippen LogP) is 8.40. The maximum atomic E-state index is 6.52. The molecule has 2 aromatic carbocycles. The normalized spacial score (nSPS) is 15.3. The molecule has 0 saturated heterocycles. The number of hydrogen-bond donors (Lipinski definition) is 0. The fraction of sp³-hybridized carbons (Fsp3) is 0.292. The molecule has 0 aliphatic heterocycles. The highest BCUT2D eigenvalue weighted by Gasteiger charge is 2.18. The molecule has 0 N–H and O–H groups in total. The minimum absolute atomic E-state index is 0.568. The minimum Gasteiger partial charge on any atom is -0.231 e. The summed E-state index contributed by atoms with van der Waals surface area (Å²) in [5, 5.41) is 6.80. The lowest BCUT2D eigenvalue weighted by atomic mass is 9.89. The van der Waals surface area contributed by atoms with Crippen LogP contribution in [0, 0.1) is 12.8 Å². The van der Waals surface area contributed by atoms with Crippen LogP contribution >= 0.6 is 34.8 Å². The van der Waals surface area contributed by atoms with Gasteiger partial charge in [0.2, 0.25) is 0 Å². The first-order valence-corrected chi connectivity index (χ1v) is 11.2. The van der Waals surface area contributed by atoms with Gasteiger partial charge in [-0.1, -0.05) is 72.3 Å². The van der Waals surface area contributed by atoms with Crippen molar-refractivity contribution in [1.82, 2.24) is 9.78 Å². The zero-order chi connectivity index (χ0) is 20.4. The fourth-order valence-corrected chi connectivity index (χ4v) is 4.61. The van der Waals surface area contributed by atoms with E-state index in [0.29, 0.717) is 21.0 Å². The van der Waals surface area contributed by atoms with Crippen molar-refractivity contribution in [2.45, 2.75) is 39.0 Å². The average Bonchev–Trinajstić information content (AvgIpc) is 3.04. The average molecular weight is 446 g/mol. The molecule has 0 bridgehead atoms. The van der Waals surface area contributed by atoms with Crippen molar-refractivity contribution in [3.8, 4) is 16.9 Å². The van der Waals surface area contributed by atoms with Gasteiger partial charge in [0.05, 0.1) is 22.1 Å². The lowest BCUT2D eigenvalue weighted by Crippen LogP contribution is -2.02. The second-order valence-electron chi connectivity index (χ2n) is 7.63. The van der Waals surface area contributed by atoms with Crippen molar-refractivity contribution in [3.63, 3.8) is 0 Å². The second kappa shape index (κ2) is 8.95. The van der Waals surface area contributed by atoms with Crippen LogP contribution in [0.3, 0.4) is 0 Å². The van der Waals surface area contributed by atoms with Gasteiger partial charge in [-0.15, -0.1) is 0 Å². The van der Waals surface area contributed by atoms with Crippen molar-refractivity contribution in [2.24, 2.45) is 5.92 Å². The van der Waals surface area contributed by atoms with Crippen LogP contribution in [0.4, 0.5) is 0 Å². The number of aromatic nitrogens is 2. The van der Waals surface area contributed by atoms with E-state index in [0.717, 1.165) is 28.2 Å². The Labute approximate surface area is 187 Å². The van der Waals surface area contributed by atoms with Gasteiger partial charge in [-0.05, 0) is 62.1 Å². The first-order chi connectivity index (χ1) is 14.0. The quantitative estimate of drug-likeness (QED) is 0.394. The van der Waals surface area contributed by atoms with E-state index in [1.807, 2.05) is 41.1 Å². The third-order valence-electron chi connectivity index (χ3n) is 5.59. The van der Waals surface area contributed by atoms with Crippen LogP contribution < -0.4 is 0 Å². The van der Waals surface area contributed by atoms with E-state index in [-0.39, 0.29) is 0 Å². The van der Waals surface area contributed by atoms with E-state index in [9.17, 15) is 0 Å². The zero-order valence-electron chi connectivity index (χ0n) is 16.3. The third-order valence-corrected chi connectivity index (χ3v) is 6.38. The monoisotopic (exact) mass is 444 g/mol. The molecule has 3 aromatic rings. The standard InChI is InChI=1S/C24H23Cl3N2/c1-16-22(13-7-17-5-3-2-4-6-17)28-29(23-14-12-20(26)15-21(23)27)24(16)18-8-10-19(25)11-9-18/h7-15,17H,2-6H2,1H3. The van der Waals surface area contributed by atoms with Crippen LogP contribution in [-0.2, 0) is 0 Å². The molecule has 1 aliphatic carbocycles. The Kier molecular flexibility index (Phi) is 6.34. The summed E-state index contributed by atoms with van der Waals surface area (Å²) in [6.07, 6.45) is 11.0. The molecule has 0 spiro atoms. The molecule has 0 amide bonds. The maximum Gasteiger partial charge on any atom is 0.0888 e. The maximum absolute atomic E-state index is 6.52. The predicted molar refractivity (Wildman–Crippen MR) is 124 cm³/mol. The Morgan fingerprint density at radius 1 is 0.931 bits per heavy atom.